The molecule has 0 heterocycles. The van der Waals surface area contributed by atoms with Crippen LogP contribution in [0, 0.1) is 18.7 Å². The van der Waals surface area contributed by atoms with Crippen LogP contribution < -0.4 is 5.73 Å². The van der Waals surface area contributed by atoms with Crippen molar-refractivity contribution in [2.45, 2.75) is 27.2 Å². The molecule has 0 radical (unpaired) electrons. The van der Waals surface area contributed by atoms with E-state index < -0.39 is 5.82 Å². The van der Waals surface area contributed by atoms with E-state index in [0.717, 1.165) is 6.42 Å². The number of carbonyl (C=O) groups is 1. The van der Waals surface area contributed by atoms with E-state index >= 15 is 0 Å². The fraction of sp³-hybridized carbons (Fsp3) is 0.278. The van der Waals surface area contributed by atoms with Gasteiger partial charge in [-0.1, -0.05) is 38.1 Å². The molecule has 2 aromatic rings. The zero-order valence-corrected chi connectivity index (χ0v) is 12.6. The first-order valence-corrected chi connectivity index (χ1v) is 7.07. The first kappa shape index (κ1) is 15.2. The topological polar surface area (TPSA) is 43.1 Å². The van der Waals surface area contributed by atoms with Crippen molar-refractivity contribution in [2.24, 2.45) is 5.92 Å². The van der Waals surface area contributed by atoms with Gasteiger partial charge >= 0.3 is 0 Å². The summed E-state index contributed by atoms with van der Waals surface area (Å²) in [5.74, 6) is -0.278. The summed E-state index contributed by atoms with van der Waals surface area (Å²) in [4.78, 5) is 12.4. The second-order valence-corrected chi connectivity index (χ2v) is 5.82. The highest BCUT2D eigenvalue weighted by Crippen LogP contribution is 2.21. The maximum absolute atomic E-state index is 14.1. The number of halogens is 1. The van der Waals surface area contributed by atoms with Crippen LogP contribution in [-0.4, -0.2) is 5.78 Å². The van der Waals surface area contributed by atoms with E-state index in [1.54, 1.807) is 19.1 Å². The Balaban J connectivity index is 2.32. The lowest BCUT2D eigenvalue weighted by molar-refractivity contribution is 0.103. The molecule has 0 unspecified atom stereocenters. The number of nitrogen functional groups attached to an aromatic ring is 1. The number of aryl methyl sites for hydroxylation is 1. The zero-order valence-electron chi connectivity index (χ0n) is 12.6. The molecule has 0 aliphatic rings. The largest absolute Gasteiger partial charge is 0.399 e. The standard InChI is InChI=1S/C18H20FNO/c1-11(2)8-13-4-6-14(7-5-13)18(21)16-10-15(20)9-12(3)17(16)19/h4-7,9-11H,8,20H2,1-3H3. The van der Waals surface area contributed by atoms with Crippen molar-refractivity contribution in [3.63, 3.8) is 0 Å². The average molecular weight is 285 g/mol. The van der Waals surface area contributed by atoms with Gasteiger partial charge in [0.15, 0.2) is 5.78 Å². The van der Waals surface area contributed by atoms with Crippen molar-refractivity contribution in [2.75, 3.05) is 5.73 Å². The molecule has 0 aliphatic heterocycles. The highest BCUT2D eigenvalue weighted by Gasteiger charge is 2.16. The van der Waals surface area contributed by atoms with Crippen LogP contribution in [0.15, 0.2) is 36.4 Å². The minimum absolute atomic E-state index is 0.0316. The van der Waals surface area contributed by atoms with Gasteiger partial charge in [-0.25, -0.2) is 4.39 Å². The highest BCUT2D eigenvalue weighted by molar-refractivity contribution is 6.09. The second kappa shape index (κ2) is 6.08. The highest BCUT2D eigenvalue weighted by atomic mass is 19.1. The molecular weight excluding hydrogens is 265 g/mol. The van der Waals surface area contributed by atoms with E-state index in [9.17, 15) is 9.18 Å². The lowest BCUT2D eigenvalue weighted by Crippen LogP contribution is -2.07. The van der Waals surface area contributed by atoms with Crippen LogP contribution in [0.1, 0.15) is 40.9 Å². The monoisotopic (exact) mass is 285 g/mol. The van der Waals surface area contributed by atoms with E-state index in [0.29, 0.717) is 22.7 Å². The Morgan fingerprint density at radius 1 is 1.19 bits per heavy atom. The Morgan fingerprint density at radius 2 is 1.81 bits per heavy atom. The summed E-state index contributed by atoms with van der Waals surface area (Å²) in [5, 5.41) is 0. The van der Waals surface area contributed by atoms with Gasteiger partial charge in [0.25, 0.3) is 0 Å². The Morgan fingerprint density at radius 3 is 2.38 bits per heavy atom. The van der Waals surface area contributed by atoms with E-state index in [4.69, 9.17) is 5.73 Å². The Bertz CT molecular complexity index is 660. The summed E-state index contributed by atoms with van der Waals surface area (Å²) >= 11 is 0. The number of rotatable bonds is 4. The third-order valence-corrected chi connectivity index (χ3v) is 3.38. The molecule has 0 saturated heterocycles. The first-order valence-electron chi connectivity index (χ1n) is 7.07. The predicted molar refractivity (Wildman–Crippen MR) is 84.0 cm³/mol. The predicted octanol–water partition coefficient (Wildman–Crippen LogP) is 4.15. The van der Waals surface area contributed by atoms with Gasteiger partial charge in [0.2, 0.25) is 0 Å². The molecule has 0 atom stereocenters. The Hall–Kier alpha value is -2.16. The van der Waals surface area contributed by atoms with Crippen LogP contribution in [-0.2, 0) is 6.42 Å². The molecule has 0 saturated carbocycles. The fourth-order valence-corrected chi connectivity index (χ4v) is 2.38. The van der Waals surface area contributed by atoms with Crippen molar-refractivity contribution in [1.29, 1.82) is 0 Å². The van der Waals surface area contributed by atoms with Gasteiger partial charge in [0.05, 0.1) is 5.56 Å². The minimum atomic E-state index is -0.500. The third-order valence-electron chi connectivity index (χ3n) is 3.38. The Kier molecular flexibility index (Phi) is 4.41. The SMILES string of the molecule is Cc1cc(N)cc(C(=O)c2ccc(CC(C)C)cc2)c1F. The molecule has 0 amide bonds. The number of ketones is 1. The summed E-state index contributed by atoms with van der Waals surface area (Å²) in [6, 6.07) is 10.3. The van der Waals surface area contributed by atoms with Crippen molar-refractivity contribution in [1.82, 2.24) is 0 Å². The van der Waals surface area contributed by atoms with E-state index in [1.807, 2.05) is 12.1 Å². The lowest BCUT2D eigenvalue weighted by atomic mass is 9.97. The maximum Gasteiger partial charge on any atom is 0.196 e. The summed E-state index contributed by atoms with van der Waals surface area (Å²) in [6.45, 7) is 5.89. The van der Waals surface area contributed by atoms with E-state index in [2.05, 4.69) is 13.8 Å². The summed E-state index contributed by atoms with van der Waals surface area (Å²) < 4.78 is 14.1. The number of hydrogen-bond donors (Lipinski definition) is 1. The van der Waals surface area contributed by atoms with Crippen LogP contribution >= 0.6 is 0 Å². The van der Waals surface area contributed by atoms with Crippen molar-refractivity contribution < 1.29 is 9.18 Å². The smallest absolute Gasteiger partial charge is 0.196 e. The zero-order chi connectivity index (χ0) is 15.6. The number of hydrogen-bond acceptors (Lipinski definition) is 2. The van der Waals surface area contributed by atoms with Gasteiger partial charge in [-0.2, -0.15) is 0 Å². The summed E-state index contributed by atoms with van der Waals surface area (Å²) in [5.41, 5.74) is 8.17. The molecule has 110 valence electrons. The molecule has 3 heteroatoms. The van der Waals surface area contributed by atoms with Crippen molar-refractivity contribution in [3.05, 3.63) is 64.5 Å². The van der Waals surface area contributed by atoms with Crippen LogP contribution in [0.4, 0.5) is 10.1 Å². The molecule has 2 N–H and O–H groups in total. The van der Waals surface area contributed by atoms with Gasteiger partial charge in [0, 0.05) is 11.3 Å². The van der Waals surface area contributed by atoms with Gasteiger partial charge in [-0.05, 0) is 42.5 Å². The second-order valence-electron chi connectivity index (χ2n) is 5.82. The molecule has 2 rings (SSSR count). The minimum Gasteiger partial charge on any atom is -0.399 e. The van der Waals surface area contributed by atoms with Gasteiger partial charge in [-0.15, -0.1) is 0 Å². The van der Waals surface area contributed by atoms with Gasteiger partial charge in [-0.3, -0.25) is 4.79 Å². The summed E-state index contributed by atoms with van der Waals surface area (Å²) in [6.07, 6.45) is 0.959. The maximum atomic E-state index is 14.1. The molecular formula is C18H20FNO. The number of anilines is 1. The van der Waals surface area contributed by atoms with Crippen molar-refractivity contribution in [3.8, 4) is 0 Å². The lowest BCUT2D eigenvalue weighted by Gasteiger charge is -2.08. The number of carbonyl (C=O) groups excluding carboxylic acids is 1. The first-order chi connectivity index (χ1) is 9.88. The summed E-state index contributed by atoms with van der Waals surface area (Å²) in [7, 11) is 0. The molecule has 0 spiro atoms. The van der Waals surface area contributed by atoms with Crippen molar-refractivity contribution >= 4 is 11.5 Å². The van der Waals surface area contributed by atoms with E-state index in [-0.39, 0.29) is 11.3 Å². The molecule has 0 aromatic heterocycles. The Labute approximate surface area is 124 Å². The van der Waals surface area contributed by atoms with E-state index in [1.165, 1.54) is 17.7 Å². The van der Waals surface area contributed by atoms with Crippen LogP contribution in [0.3, 0.4) is 0 Å². The van der Waals surface area contributed by atoms with Crippen LogP contribution in [0.5, 0.6) is 0 Å². The molecule has 2 nitrogen and oxygen atoms in total. The average Bonchev–Trinajstić information content (AvgIpc) is 2.42. The molecule has 0 bridgehead atoms. The van der Waals surface area contributed by atoms with Crippen LogP contribution in [0.2, 0.25) is 0 Å². The normalized spacial score (nSPS) is 10.9. The molecule has 2 aromatic carbocycles. The quantitative estimate of drug-likeness (QED) is 0.677. The van der Waals surface area contributed by atoms with Gasteiger partial charge < -0.3 is 5.73 Å². The molecule has 0 aliphatic carbocycles. The number of nitrogens with two attached hydrogens (primary N) is 1. The molecule has 21 heavy (non-hydrogen) atoms. The molecule has 0 fully saturated rings. The van der Waals surface area contributed by atoms with Gasteiger partial charge in [0.1, 0.15) is 5.82 Å². The third kappa shape index (κ3) is 3.48. The fourth-order valence-electron chi connectivity index (χ4n) is 2.38. The number of benzene rings is 2. The van der Waals surface area contributed by atoms with Crippen LogP contribution in [0.25, 0.3) is 0 Å².